The fourth-order valence-corrected chi connectivity index (χ4v) is 2.67. The summed E-state index contributed by atoms with van der Waals surface area (Å²) in [6.07, 6.45) is 5.59. The second kappa shape index (κ2) is 7.15. The highest BCUT2D eigenvalue weighted by Crippen LogP contribution is 2.19. The van der Waals surface area contributed by atoms with Crippen molar-refractivity contribution >= 4 is 39.8 Å². The zero-order valence-electron chi connectivity index (χ0n) is 12.7. The minimum Gasteiger partial charge on any atom is -0.376 e. The van der Waals surface area contributed by atoms with Gasteiger partial charge >= 0.3 is 0 Å². The normalized spacial score (nSPS) is 10.5. The second-order valence-electron chi connectivity index (χ2n) is 5.07. The quantitative estimate of drug-likeness (QED) is 0.697. The molecule has 0 atom stereocenters. The molecule has 3 rings (SSSR count). The topological polar surface area (TPSA) is 54.0 Å². The molecular weight excluding hydrogens is 306 g/mol. The minimum absolute atomic E-state index is 0.0765. The average Bonchev–Trinajstić information content (AvgIpc) is 2.60. The number of nitrogens with one attached hydrogen (secondary N) is 2. The van der Waals surface area contributed by atoms with Gasteiger partial charge in [0.1, 0.15) is 0 Å². The molecule has 2 N–H and O–H groups in total. The summed E-state index contributed by atoms with van der Waals surface area (Å²) < 4.78 is 0. The maximum Gasteiger partial charge on any atom is 0.243 e. The molecule has 1 aromatic heterocycles. The van der Waals surface area contributed by atoms with Gasteiger partial charge in [0.25, 0.3) is 0 Å². The molecule has 116 valence electrons. The maximum absolute atomic E-state index is 12.1. The third-order valence-electron chi connectivity index (χ3n) is 3.47. The van der Waals surface area contributed by atoms with E-state index >= 15 is 0 Å². The van der Waals surface area contributed by atoms with Crippen LogP contribution in [0, 0.1) is 0 Å². The molecular formula is C18H17N3OS. The first kappa shape index (κ1) is 15.4. The van der Waals surface area contributed by atoms with E-state index in [2.05, 4.69) is 15.6 Å². The molecule has 0 radical (unpaired) electrons. The summed E-state index contributed by atoms with van der Waals surface area (Å²) in [5, 5.41) is 8.13. The molecule has 0 aliphatic carbocycles. The number of carbonyl (C=O) groups is 1. The SMILES string of the molecule is CSc1ccc(NCC(=O)Nc2ccc3cnccc3c2)cc1. The number of thioether (sulfide) groups is 1. The van der Waals surface area contributed by atoms with E-state index < -0.39 is 0 Å². The van der Waals surface area contributed by atoms with Crippen LogP contribution in [0.2, 0.25) is 0 Å². The Labute approximate surface area is 139 Å². The molecule has 4 nitrogen and oxygen atoms in total. The summed E-state index contributed by atoms with van der Waals surface area (Å²) in [5.74, 6) is -0.0765. The number of pyridine rings is 1. The van der Waals surface area contributed by atoms with E-state index in [9.17, 15) is 4.79 Å². The summed E-state index contributed by atoms with van der Waals surface area (Å²) in [4.78, 5) is 17.3. The molecule has 0 bridgehead atoms. The highest BCUT2D eigenvalue weighted by Gasteiger charge is 2.03. The Kier molecular flexibility index (Phi) is 4.78. The Hall–Kier alpha value is -2.53. The van der Waals surface area contributed by atoms with Gasteiger partial charge in [0.2, 0.25) is 5.91 Å². The van der Waals surface area contributed by atoms with Crippen molar-refractivity contribution in [2.24, 2.45) is 0 Å². The number of anilines is 2. The zero-order valence-corrected chi connectivity index (χ0v) is 13.6. The van der Waals surface area contributed by atoms with Crippen molar-refractivity contribution in [3.05, 3.63) is 60.9 Å². The third-order valence-corrected chi connectivity index (χ3v) is 4.21. The highest BCUT2D eigenvalue weighted by atomic mass is 32.2. The number of hydrogen-bond acceptors (Lipinski definition) is 4. The maximum atomic E-state index is 12.1. The lowest BCUT2D eigenvalue weighted by atomic mass is 10.1. The Morgan fingerprint density at radius 1 is 1.04 bits per heavy atom. The van der Waals surface area contributed by atoms with E-state index in [1.165, 1.54) is 4.90 Å². The molecule has 23 heavy (non-hydrogen) atoms. The number of amides is 1. The number of benzene rings is 2. The second-order valence-corrected chi connectivity index (χ2v) is 5.95. The number of aromatic nitrogens is 1. The van der Waals surface area contributed by atoms with E-state index in [0.29, 0.717) is 0 Å². The molecule has 0 saturated carbocycles. The summed E-state index contributed by atoms with van der Waals surface area (Å²) >= 11 is 1.69. The lowest BCUT2D eigenvalue weighted by molar-refractivity contribution is -0.114. The minimum atomic E-state index is -0.0765. The number of hydrogen-bond donors (Lipinski definition) is 2. The highest BCUT2D eigenvalue weighted by molar-refractivity contribution is 7.98. The first-order valence-corrected chi connectivity index (χ1v) is 8.48. The average molecular weight is 323 g/mol. The van der Waals surface area contributed by atoms with Crippen molar-refractivity contribution in [3.63, 3.8) is 0 Å². The van der Waals surface area contributed by atoms with Crippen LogP contribution in [0.4, 0.5) is 11.4 Å². The zero-order chi connectivity index (χ0) is 16.1. The van der Waals surface area contributed by atoms with Crippen LogP contribution in [-0.4, -0.2) is 23.7 Å². The van der Waals surface area contributed by atoms with Gasteiger partial charge in [0.05, 0.1) is 6.54 Å². The lowest BCUT2D eigenvalue weighted by Crippen LogP contribution is -2.21. The van der Waals surface area contributed by atoms with E-state index in [1.54, 1.807) is 24.2 Å². The van der Waals surface area contributed by atoms with E-state index in [0.717, 1.165) is 22.1 Å². The van der Waals surface area contributed by atoms with Gasteiger partial charge in [0.15, 0.2) is 0 Å². The van der Waals surface area contributed by atoms with Crippen LogP contribution in [0.5, 0.6) is 0 Å². The van der Waals surface area contributed by atoms with Gasteiger partial charge in [-0.05, 0) is 54.1 Å². The van der Waals surface area contributed by atoms with Gasteiger partial charge in [-0.3, -0.25) is 9.78 Å². The summed E-state index contributed by atoms with van der Waals surface area (Å²) in [5.41, 5.74) is 1.72. The van der Waals surface area contributed by atoms with Crippen LogP contribution in [0.1, 0.15) is 0 Å². The molecule has 1 heterocycles. The van der Waals surface area contributed by atoms with Gasteiger partial charge < -0.3 is 10.6 Å². The van der Waals surface area contributed by atoms with Crippen LogP contribution < -0.4 is 10.6 Å². The molecule has 0 fully saturated rings. The van der Waals surface area contributed by atoms with Crippen molar-refractivity contribution in [2.75, 3.05) is 23.4 Å². The number of fused-ring (bicyclic) bond motifs is 1. The first-order chi connectivity index (χ1) is 11.2. The standard InChI is InChI=1S/C18H17N3OS/c1-23-17-6-4-15(5-7-17)20-12-18(22)21-16-3-2-14-11-19-9-8-13(14)10-16/h2-11,20H,12H2,1H3,(H,21,22). The monoisotopic (exact) mass is 323 g/mol. The Morgan fingerprint density at radius 2 is 1.83 bits per heavy atom. The van der Waals surface area contributed by atoms with Crippen LogP contribution in [0.15, 0.2) is 65.8 Å². The van der Waals surface area contributed by atoms with Crippen molar-refractivity contribution in [2.45, 2.75) is 4.90 Å². The summed E-state index contributed by atoms with van der Waals surface area (Å²) in [6, 6.07) is 15.7. The first-order valence-electron chi connectivity index (χ1n) is 7.26. The fraction of sp³-hybridized carbons (Fsp3) is 0.111. The molecule has 5 heteroatoms. The molecule has 2 aromatic carbocycles. The van der Waals surface area contributed by atoms with E-state index in [4.69, 9.17) is 0 Å². The third kappa shape index (κ3) is 4.02. The van der Waals surface area contributed by atoms with Crippen molar-refractivity contribution in [1.82, 2.24) is 4.98 Å². The van der Waals surface area contributed by atoms with E-state index in [1.807, 2.05) is 54.8 Å². The number of rotatable bonds is 5. The summed E-state index contributed by atoms with van der Waals surface area (Å²) in [6.45, 7) is 0.229. The Bertz CT molecular complexity index is 818. The molecule has 0 spiro atoms. The van der Waals surface area contributed by atoms with Crippen LogP contribution in [-0.2, 0) is 4.79 Å². The lowest BCUT2D eigenvalue weighted by Gasteiger charge is -2.09. The van der Waals surface area contributed by atoms with E-state index in [-0.39, 0.29) is 12.5 Å². The molecule has 0 saturated heterocycles. The van der Waals surface area contributed by atoms with Gasteiger partial charge in [0, 0.05) is 34.1 Å². The molecule has 0 unspecified atom stereocenters. The smallest absolute Gasteiger partial charge is 0.243 e. The predicted octanol–water partition coefficient (Wildman–Crippen LogP) is 4.01. The number of nitrogens with zero attached hydrogens (tertiary/aromatic N) is 1. The predicted molar refractivity (Wildman–Crippen MR) is 97.1 cm³/mol. The van der Waals surface area contributed by atoms with Crippen molar-refractivity contribution < 1.29 is 4.79 Å². The van der Waals surface area contributed by atoms with Crippen LogP contribution in [0.25, 0.3) is 10.8 Å². The molecule has 0 aliphatic heterocycles. The summed E-state index contributed by atoms with van der Waals surface area (Å²) in [7, 11) is 0. The largest absolute Gasteiger partial charge is 0.376 e. The van der Waals surface area contributed by atoms with Crippen molar-refractivity contribution in [3.8, 4) is 0 Å². The van der Waals surface area contributed by atoms with Gasteiger partial charge in [-0.25, -0.2) is 0 Å². The van der Waals surface area contributed by atoms with Crippen molar-refractivity contribution in [1.29, 1.82) is 0 Å². The Balaban J connectivity index is 1.59. The molecule has 1 amide bonds. The Morgan fingerprint density at radius 3 is 2.61 bits per heavy atom. The van der Waals surface area contributed by atoms with Gasteiger partial charge in [-0.1, -0.05) is 6.07 Å². The van der Waals surface area contributed by atoms with Crippen LogP contribution >= 0.6 is 11.8 Å². The molecule has 0 aliphatic rings. The molecule has 3 aromatic rings. The van der Waals surface area contributed by atoms with Crippen LogP contribution in [0.3, 0.4) is 0 Å². The number of carbonyl (C=O) groups excluding carboxylic acids is 1. The van der Waals surface area contributed by atoms with Gasteiger partial charge in [-0.15, -0.1) is 11.8 Å². The fourth-order valence-electron chi connectivity index (χ4n) is 2.26. The van der Waals surface area contributed by atoms with Gasteiger partial charge in [-0.2, -0.15) is 0 Å².